The average molecular weight is 352 g/mol. The largest absolute Gasteiger partial charge is 0.414 e. The minimum atomic E-state index is -0.344. The minimum absolute atomic E-state index is 0. The molecule has 2 rings (SSSR count). The van der Waals surface area contributed by atoms with Gasteiger partial charge in [-0.3, -0.25) is 0 Å². The molecule has 0 saturated heterocycles. The summed E-state index contributed by atoms with van der Waals surface area (Å²) in [4.78, 5) is 0. The first-order chi connectivity index (χ1) is 9.49. The van der Waals surface area contributed by atoms with E-state index in [0.717, 1.165) is 0 Å². The summed E-state index contributed by atoms with van der Waals surface area (Å²) in [6.07, 6.45) is 0. The highest BCUT2D eigenvalue weighted by atomic mass is 35.5. The lowest BCUT2D eigenvalue weighted by Gasteiger charge is -2.09. The molecule has 1 heterocycles. The molecule has 1 aromatic heterocycles. The molecule has 1 atom stereocenters. The summed E-state index contributed by atoms with van der Waals surface area (Å²) in [5.74, 6) is 0.574. The Kier molecular flexibility index (Phi) is 6.93. The van der Waals surface area contributed by atoms with Gasteiger partial charge in [0.05, 0.1) is 6.04 Å². The highest BCUT2D eigenvalue weighted by Gasteiger charge is 2.18. The van der Waals surface area contributed by atoms with Crippen molar-refractivity contribution in [2.24, 2.45) is 11.7 Å². The van der Waals surface area contributed by atoms with E-state index >= 15 is 0 Å². The SMILES string of the molecule is CC(C)[C@H](N)c1nnc(SCc2c(F)cccc2Cl)o1.Cl. The number of aromatic nitrogens is 2. The lowest BCUT2D eigenvalue weighted by molar-refractivity contribution is 0.349. The van der Waals surface area contributed by atoms with Crippen molar-refractivity contribution >= 4 is 35.8 Å². The Hall–Kier alpha value is -0.820. The Balaban J connectivity index is 0.00000220. The Bertz CT molecular complexity index is 574. The van der Waals surface area contributed by atoms with Crippen LogP contribution in [0, 0.1) is 11.7 Å². The minimum Gasteiger partial charge on any atom is -0.414 e. The number of rotatable bonds is 5. The van der Waals surface area contributed by atoms with Crippen LogP contribution in [0.2, 0.25) is 5.02 Å². The maximum absolute atomic E-state index is 13.6. The predicted molar refractivity (Wildman–Crippen MR) is 84.3 cm³/mol. The van der Waals surface area contributed by atoms with Crippen LogP contribution in [0.1, 0.15) is 31.3 Å². The maximum Gasteiger partial charge on any atom is 0.276 e. The van der Waals surface area contributed by atoms with Gasteiger partial charge in [-0.05, 0) is 18.1 Å². The third-order valence-electron chi connectivity index (χ3n) is 2.83. The molecule has 0 bridgehead atoms. The monoisotopic (exact) mass is 351 g/mol. The van der Waals surface area contributed by atoms with Crippen molar-refractivity contribution in [1.82, 2.24) is 10.2 Å². The van der Waals surface area contributed by atoms with Gasteiger partial charge in [0.25, 0.3) is 5.22 Å². The van der Waals surface area contributed by atoms with E-state index < -0.39 is 0 Å². The van der Waals surface area contributed by atoms with E-state index in [-0.39, 0.29) is 30.2 Å². The smallest absolute Gasteiger partial charge is 0.276 e. The van der Waals surface area contributed by atoms with Gasteiger partial charge in [-0.2, -0.15) is 0 Å². The topological polar surface area (TPSA) is 64.9 Å². The normalized spacial score (nSPS) is 12.3. The summed E-state index contributed by atoms with van der Waals surface area (Å²) >= 11 is 7.18. The summed E-state index contributed by atoms with van der Waals surface area (Å²) < 4.78 is 19.1. The van der Waals surface area contributed by atoms with Crippen LogP contribution in [0.5, 0.6) is 0 Å². The molecule has 0 aliphatic heterocycles. The molecule has 4 nitrogen and oxygen atoms in total. The molecular weight excluding hydrogens is 336 g/mol. The van der Waals surface area contributed by atoms with Crippen LogP contribution in [0.4, 0.5) is 4.39 Å². The lowest BCUT2D eigenvalue weighted by atomic mass is 10.1. The molecule has 0 radical (unpaired) electrons. The van der Waals surface area contributed by atoms with Crippen molar-refractivity contribution in [3.63, 3.8) is 0 Å². The van der Waals surface area contributed by atoms with Gasteiger partial charge in [0.1, 0.15) is 5.82 Å². The Morgan fingerprint density at radius 1 is 1.38 bits per heavy atom. The quantitative estimate of drug-likeness (QED) is 0.816. The predicted octanol–water partition coefficient (Wildman–Crippen LogP) is 4.23. The van der Waals surface area contributed by atoms with Crippen molar-refractivity contribution < 1.29 is 8.81 Å². The number of nitrogens with zero attached hydrogens (tertiary/aromatic N) is 2. The van der Waals surface area contributed by atoms with E-state index in [4.69, 9.17) is 21.8 Å². The van der Waals surface area contributed by atoms with Gasteiger partial charge in [-0.1, -0.05) is 43.3 Å². The van der Waals surface area contributed by atoms with Gasteiger partial charge < -0.3 is 10.2 Å². The Morgan fingerprint density at radius 3 is 2.71 bits per heavy atom. The molecular formula is C13H16Cl2FN3OS. The molecule has 0 aliphatic carbocycles. The zero-order chi connectivity index (χ0) is 14.7. The van der Waals surface area contributed by atoms with E-state index in [0.29, 0.717) is 27.5 Å². The van der Waals surface area contributed by atoms with Gasteiger partial charge in [0.15, 0.2) is 0 Å². The highest BCUT2D eigenvalue weighted by Crippen LogP contribution is 2.29. The summed E-state index contributed by atoms with van der Waals surface area (Å²) in [7, 11) is 0. The molecule has 0 fully saturated rings. The van der Waals surface area contributed by atoms with Crippen LogP contribution in [-0.2, 0) is 5.75 Å². The summed E-state index contributed by atoms with van der Waals surface area (Å²) in [5.41, 5.74) is 6.34. The average Bonchev–Trinajstić information content (AvgIpc) is 2.86. The van der Waals surface area contributed by atoms with Gasteiger partial charge in [0, 0.05) is 16.3 Å². The fourth-order valence-electron chi connectivity index (χ4n) is 1.50. The van der Waals surface area contributed by atoms with Crippen molar-refractivity contribution in [2.45, 2.75) is 30.9 Å². The van der Waals surface area contributed by atoms with Gasteiger partial charge in [0.2, 0.25) is 5.89 Å². The third-order valence-corrected chi connectivity index (χ3v) is 4.03. The van der Waals surface area contributed by atoms with E-state index in [2.05, 4.69) is 10.2 Å². The van der Waals surface area contributed by atoms with Crippen LogP contribution >= 0.6 is 35.8 Å². The first-order valence-electron chi connectivity index (χ1n) is 6.13. The van der Waals surface area contributed by atoms with Crippen LogP contribution in [0.15, 0.2) is 27.8 Å². The first kappa shape index (κ1) is 18.2. The lowest BCUT2D eigenvalue weighted by Crippen LogP contribution is -2.16. The Morgan fingerprint density at radius 2 is 2.10 bits per heavy atom. The Labute approximate surface area is 138 Å². The van der Waals surface area contributed by atoms with Crippen LogP contribution in [0.3, 0.4) is 0 Å². The molecule has 0 unspecified atom stereocenters. The molecule has 0 saturated carbocycles. The first-order valence-corrected chi connectivity index (χ1v) is 7.50. The molecule has 0 aliphatic rings. The number of benzene rings is 1. The van der Waals surface area contributed by atoms with Crippen molar-refractivity contribution in [3.8, 4) is 0 Å². The summed E-state index contributed by atoms with van der Waals surface area (Å²) in [5, 5.41) is 8.54. The van der Waals surface area contributed by atoms with Crippen LogP contribution < -0.4 is 5.73 Å². The number of thioether (sulfide) groups is 1. The zero-order valence-electron chi connectivity index (χ0n) is 11.5. The maximum atomic E-state index is 13.6. The van der Waals surface area contributed by atoms with E-state index in [9.17, 15) is 4.39 Å². The standard InChI is InChI=1S/C13H15ClFN3OS.ClH/c1-7(2)11(16)12-17-18-13(19-12)20-6-8-9(14)4-3-5-10(8)15;/h3-5,7,11H,6,16H2,1-2H3;1H/t11-;/m0./s1. The van der Waals surface area contributed by atoms with Crippen molar-refractivity contribution in [2.75, 3.05) is 0 Å². The number of hydrogen-bond donors (Lipinski definition) is 1. The number of halogens is 3. The molecule has 0 spiro atoms. The third kappa shape index (κ3) is 4.57. The molecule has 21 heavy (non-hydrogen) atoms. The van der Waals surface area contributed by atoms with E-state index in [1.165, 1.54) is 17.8 Å². The molecule has 116 valence electrons. The van der Waals surface area contributed by atoms with Gasteiger partial charge >= 0.3 is 0 Å². The molecule has 2 N–H and O–H groups in total. The number of nitrogens with two attached hydrogens (primary N) is 1. The van der Waals surface area contributed by atoms with Crippen LogP contribution in [0.25, 0.3) is 0 Å². The molecule has 2 aromatic rings. The van der Waals surface area contributed by atoms with Crippen molar-refractivity contribution in [3.05, 3.63) is 40.5 Å². The molecule has 8 heteroatoms. The second-order valence-electron chi connectivity index (χ2n) is 4.66. The number of hydrogen-bond acceptors (Lipinski definition) is 5. The zero-order valence-corrected chi connectivity index (χ0v) is 13.9. The fraction of sp³-hybridized carbons (Fsp3) is 0.385. The second-order valence-corrected chi connectivity index (χ2v) is 6.00. The summed E-state index contributed by atoms with van der Waals surface area (Å²) in [6.45, 7) is 3.95. The van der Waals surface area contributed by atoms with E-state index in [1.54, 1.807) is 12.1 Å². The van der Waals surface area contributed by atoms with Crippen LogP contribution in [-0.4, -0.2) is 10.2 Å². The molecule has 1 aromatic carbocycles. The fourth-order valence-corrected chi connectivity index (χ4v) is 2.62. The summed E-state index contributed by atoms with van der Waals surface area (Å²) in [6, 6.07) is 4.29. The van der Waals surface area contributed by atoms with E-state index in [1.807, 2.05) is 13.8 Å². The van der Waals surface area contributed by atoms with Gasteiger partial charge in [-0.15, -0.1) is 22.6 Å². The second kappa shape index (κ2) is 7.98. The molecule has 0 amide bonds. The highest BCUT2D eigenvalue weighted by molar-refractivity contribution is 7.98. The van der Waals surface area contributed by atoms with Gasteiger partial charge in [-0.25, -0.2) is 4.39 Å². The van der Waals surface area contributed by atoms with Crippen molar-refractivity contribution in [1.29, 1.82) is 0 Å².